The largest absolute Gasteiger partial charge is 0.501 e. The molecule has 154 valence electrons. The third-order valence-corrected chi connectivity index (χ3v) is 4.31. The first-order chi connectivity index (χ1) is 14.3. The summed E-state index contributed by atoms with van der Waals surface area (Å²) in [5.41, 5.74) is 1.82. The highest BCUT2D eigenvalue weighted by Gasteiger charge is 2.18. The summed E-state index contributed by atoms with van der Waals surface area (Å²) in [7, 11) is 1.44. The molecule has 3 aromatic rings. The average molecular weight is 410 g/mol. The lowest BCUT2D eigenvalue weighted by molar-refractivity contribution is 0.102. The summed E-state index contributed by atoms with van der Waals surface area (Å²) >= 11 is 0. The van der Waals surface area contributed by atoms with Gasteiger partial charge in [0.2, 0.25) is 0 Å². The van der Waals surface area contributed by atoms with E-state index in [1.165, 1.54) is 43.6 Å². The number of ether oxygens (including phenoxy) is 1. The lowest BCUT2D eigenvalue weighted by Crippen LogP contribution is -2.12. The second-order valence-corrected chi connectivity index (χ2v) is 6.62. The zero-order valence-corrected chi connectivity index (χ0v) is 16.7. The van der Waals surface area contributed by atoms with Crippen LogP contribution in [-0.2, 0) is 4.74 Å². The molecule has 30 heavy (non-hydrogen) atoms. The number of pyridine rings is 1. The SMILES string of the molecule is C=C(C)/C=C(F)\C(=C(/C)OC)c1cc2c(NC(=O)c3ccc(F)cc3)n[nH]c2cn1. The molecule has 0 unspecified atom stereocenters. The number of carbonyl (C=O) groups is 1. The monoisotopic (exact) mass is 410 g/mol. The molecular formula is C22H20F2N4O2. The van der Waals surface area contributed by atoms with Gasteiger partial charge in [-0.3, -0.25) is 14.9 Å². The van der Waals surface area contributed by atoms with Gasteiger partial charge in [0.15, 0.2) is 5.82 Å². The maximum Gasteiger partial charge on any atom is 0.256 e. The Morgan fingerprint density at radius 1 is 1.27 bits per heavy atom. The van der Waals surface area contributed by atoms with Crippen LogP contribution in [0.25, 0.3) is 16.5 Å². The lowest BCUT2D eigenvalue weighted by atomic mass is 10.1. The predicted molar refractivity (Wildman–Crippen MR) is 112 cm³/mol. The predicted octanol–water partition coefficient (Wildman–Crippen LogP) is 5.16. The van der Waals surface area contributed by atoms with Crippen molar-refractivity contribution in [1.29, 1.82) is 0 Å². The van der Waals surface area contributed by atoms with Crippen molar-refractivity contribution in [3.05, 3.63) is 83.4 Å². The molecule has 6 nitrogen and oxygen atoms in total. The number of methoxy groups -OCH3 is 1. The van der Waals surface area contributed by atoms with Crippen molar-refractivity contribution in [2.45, 2.75) is 13.8 Å². The van der Waals surface area contributed by atoms with E-state index >= 15 is 0 Å². The Kier molecular flexibility index (Phi) is 6.06. The standard InChI is InChI=1S/C22H20F2N4O2/c1-12(2)9-17(24)20(13(3)30-4)18-10-16-19(11-25-18)27-28-21(16)26-22(29)14-5-7-15(23)8-6-14/h5-11H,1H2,2-4H3,(H2,26,27,28,29)/b17-9+,20-13-. The van der Waals surface area contributed by atoms with Gasteiger partial charge in [0.25, 0.3) is 5.91 Å². The Balaban J connectivity index is 2.02. The van der Waals surface area contributed by atoms with Gasteiger partial charge in [0, 0.05) is 10.9 Å². The molecule has 0 spiro atoms. The fourth-order valence-electron chi connectivity index (χ4n) is 2.79. The molecule has 0 radical (unpaired) electrons. The number of hydrogen-bond donors (Lipinski definition) is 2. The van der Waals surface area contributed by atoms with Crippen molar-refractivity contribution in [3.63, 3.8) is 0 Å². The molecule has 2 aromatic heterocycles. The Morgan fingerprint density at radius 3 is 2.60 bits per heavy atom. The van der Waals surface area contributed by atoms with Gasteiger partial charge < -0.3 is 10.1 Å². The second kappa shape index (κ2) is 8.69. The summed E-state index contributed by atoms with van der Waals surface area (Å²) in [4.78, 5) is 16.7. The highest BCUT2D eigenvalue weighted by Crippen LogP contribution is 2.31. The van der Waals surface area contributed by atoms with Crippen LogP contribution in [0.15, 0.2) is 66.3 Å². The van der Waals surface area contributed by atoms with Crippen LogP contribution in [-0.4, -0.2) is 28.2 Å². The second-order valence-electron chi connectivity index (χ2n) is 6.62. The summed E-state index contributed by atoms with van der Waals surface area (Å²) < 4.78 is 33.1. The summed E-state index contributed by atoms with van der Waals surface area (Å²) in [6.07, 6.45) is 2.78. The van der Waals surface area contributed by atoms with Crippen molar-refractivity contribution >= 4 is 28.2 Å². The van der Waals surface area contributed by atoms with Crippen LogP contribution in [0.5, 0.6) is 0 Å². The number of aromatic amines is 1. The molecule has 3 rings (SSSR count). The maximum atomic E-state index is 14.8. The lowest BCUT2D eigenvalue weighted by Gasteiger charge is -2.10. The molecule has 1 aromatic carbocycles. The first-order valence-electron chi connectivity index (χ1n) is 8.99. The maximum absolute atomic E-state index is 14.8. The van der Waals surface area contributed by atoms with Crippen LogP contribution >= 0.6 is 0 Å². The van der Waals surface area contributed by atoms with E-state index in [-0.39, 0.29) is 17.0 Å². The van der Waals surface area contributed by atoms with Gasteiger partial charge in [-0.1, -0.05) is 12.2 Å². The summed E-state index contributed by atoms with van der Waals surface area (Å²) in [5.74, 6) is -0.878. The quantitative estimate of drug-likeness (QED) is 0.435. The van der Waals surface area contributed by atoms with Gasteiger partial charge in [-0.05, 0) is 50.3 Å². The topological polar surface area (TPSA) is 79.9 Å². The van der Waals surface area contributed by atoms with Crippen LogP contribution in [0.3, 0.4) is 0 Å². The molecule has 0 aliphatic rings. The number of fused-ring (bicyclic) bond motifs is 1. The molecule has 8 heteroatoms. The number of amides is 1. The number of nitrogens with zero attached hydrogens (tertiary/aromatic N) is 2. The Labute approximate surface area is 172 Å². The average Bonchev–Trinajstić information content (AvgIpc) is 3.10. The number of H-pyrrole nitrogens is 1. The number of carbonyl (C=O) groups excluding carboxylic acids is 1. The molecule has 1 amide bonds. The van der Waals surface area contributed by atoms with Crippen LogP contribution in [0.4, 0.5) is 14.6 Å². The number of rotatable bonds is 6. The van der Waals surface area contributed by atoms with Gasteiger partial charge in [0.05, 0.1) is 30.1 Å². The number of allylic oxidation sites excluding steroid dienone is 5. The number of nitrogens with one attached hydrogen (secondary N) is 2. The van der Waals surface area contributed by atoms with Crippen LogP contribution in [0.1, 0.15) is 29.9 Å². The molecule has 0 fully saturated rings. The molecule has 2 N–H and O–H groups in total. The first kappa shape index (κ1) is 20.9. The van der Waals surface area contributed by atoms with E-state index in [4.69, 9.17) is 4.74 Å². The highest BCUT2D eigenvalue weighted by molar-refractivity contribution is 6.08. The third-order valence-electron chi connectivity index (χ3n) is 4.31. The van der Waals surface area contributed by atoms with Crippen LogP contribution in [0.2, 0.25) is 0 Å². The Bertz CT molecular complexity index is 1180. The Hall–Kier alpha value is -3.81. The van der Waals surface area contributed by atoms with E-state index in [9.17, 15) is 13.6 Å². The molecule has 2 heterocycles. The van der Waals surface area contributed by atoms with Gasteiger partial charge in [-0.25, -0.2) is 8.78 Å². The van der Waals surface area contributed by atoms with Crippen molar-refractivity contribution in [2.75, 3.05) is 12.4 Å². The van der Waals surface area contributed by atoms with E-state index in [2.05, 4.69) is 27.1 Å². The normalized spacial score (nSPS) is 12.5. The molecular weight excluding hydrogens is 390 g/mol. The van der Waals surface area contributed by atoms with Crippen molar-refractivity contribution in [1.82, 2.24) is 15.2 Å². The fraction of sp³-hybridized carbons (Fsp3) is 0.136. The summed E-state index contributed by atoms with van der Waals surface area (Å²) in [6, 6.07) is 6.73. The van der Waals surface area contributed by atoms with E-state index in [1.54, 1.807) is 19.9 Å². The van der Waals surface area contributed by atoms with Gasteiger partial charge >= 0.3 is 0 Å². The van der Waals surface area contributed by atoms with Crippen LogP contribution in [0, 0.1) is 5.82 Å². The van der Waals surface area contributed by atoms with Crippen molar-refractivity contribution in [2.24, 2.45) is 0 Å². The molecule has 0 atom stereocenters. The minimum atomic E-state index is -0.547. The molecule has 0 bridgehead atoms. The molecule has 0 aliphatic heterocycles. The van der Waals surface area contributed by atoms with Crippen LogP contribution < -0.4 is 5.32 Å². The zero-order chi connectivity index (χ0) is 21.8. The minimum Gasteiger partial charge on any atom is -0.501 e. The zero-order valence-electron chi connectivity index (χ0n) is 16.7. The molecule has 0 aliphatic carbocycles. The summed E-state index contributed by atoms with van der Waals surface area (Å²) in [5, 5.41) is 10.1. The van der Waals surface area contributed by atoms with E-state index < -0.39 is 17.6 Å². The van der Waals surface area contributed by atoms with E-state index in [0.29, 0.717) is 27.9 Å². The number of aromatic nitrogens is 3. The number of anilines is 1. The first-order valence-corrected chi connectivity index (χ1v) is 8.99. The van der Waals surface area contributed by atoms with Crippen molar-refractivity contribution in [3.8, 4) is 0 Å². The number of hydrogen-bond acceptors (Lipinski definition) is 4. The van der Waals surface area contributed by atoms with E-state index in [1.807, 2.05) is 0 Å². The molecule has 0 saturated carbocycles. The van der Waals surface area contributed by atoms with Gasteiger partial charge in [-0.2, -0.15) is 5.10 Å². The van der Waals surface area contributed by atoms with Gasteiger partial charge in [-0.15, -0.1) is 0 Å². The fourth-order valence-corrected chi connectivity index (χ4v) is 2.79. The Morgan fingerprint density at radius 2 is 1.97 bits per heavy atom. The number of benzene rings is 1. The molecule has 0 saturated heterocycles. The van der Waals surface area contributed by atoms with Crippen molar-refractivity contribution < 1.29 is 18.3 Å². The summed E-state index contributed by atoms with van der Waals surface area (Å²) in [6.45, 7) is 6.99. The van der Waals surface area contributed by atoms with Gasteiger partial charge in [0.1, 0.15) is 17.4 Å². The smallest absolute Gasteiger partial charge is 0.256 e. The third kappa shape index (κ3) is 4.43. The highest BCUT2D eigenvalue weighted by atomic mass is 19.1. The minimum absolute atomic E-state index is 0.166. The van der Waals surface area contributed by atoms with E-state index in [0.717, 1.165) is 0 Å². The number of halogens is 2.